The number of nitrogens with zero attached hydrogens (tertiary/aromatic N) is 2. The van der Waals surface area contributed by atoms with Crippen molar-refractivity contribution in [3.05, 3.63) is 58.1 Å². The fourth-order valence-electron chi connectivity index (χ4n) is 4.55. The zero-order chi connectivity index (χ0) is 21.6. The van der Waals surface area contributed by atoms with Gasteiger partial charge in [-0.2, -0.15) is 0 Å². The standard InChI is InChI=1S/C21H23F2N3O4/c1-3-25-20(29)18-17(27)9-13(15-6-7-16(26(15)18)21(25)30-2)19(28)24-10-11-4-5-12(22)8-14(11)23/h4-5,8,16,21,27H,3,6-7,9-10H2,1-2H3,(H,24,28). The number of methoxy groups -OCH3 is 1. The molecule has 2 fully saturated rings. The maximum atomic E-state index is 13.9. The van der Waals surface area contributed by atoms with Crippen molar-refractivity contribution in [3.63, 3.8) is 0 Å². The lowest BCUT2D eigenvalue weighted by Gasteiger charge is -2.46. The molecule has 3 heterocycles. The molecule has 2 unspecified atom stereocenters. The largest absolute Gasteiger partial charge is 0.510 e. The first-order valence-electron chi connectivity index (χ1n) is 9.86. The van der Waals surface area contributed by atoms with Gasteiger partial charge in [-0.3, -0.25) is 9.59 Å². The summed E-state index contributed by atoms with van der Waals surface area (Å²) in [5.41, 5.74) is 1.37. The molecule has 1 aromatic carbocycles. The maximum absolute atomic E-state index is 13.9. The third kappa shape index (κ3) is 3.13. The Balaban J connectivity index is 1.60. The molecule has 9 heteroatoms. The predicted octanol–water partition coefficient (Wildman–Crippen LogP) is 2.31. The molecule has 0 aliphatic carbocycles. The van der Waals surface area contributed by atoms with Gasteiger partial charge in [0, 0.05) is 49.5 Å². The summed E-state index contributed by atoms with van der Waals surface area (Å²) in [7, 11) is 1.53. The summed E-state index contributed by atoms with van der Waals surface area (Å²) in [6.45, 7) is 2.17. The predicted molar refractivity (Wildman–Crippen MR) is 103 cm³/mol. The lowest BCUT2D eigenvalue weighted by atomic mass is 9.98. The van der Waals surface area contributed by atoms with Crippen molar-refractivity contribution >= 4 is 11.8 Å². The van der Waals surface area contributed by atoms with Crippen LogP contribution in [0.2, 0.25) is 0 Å². The number of aliphatic hydroxyl groups excluding tert-OH is 1. The summed E-state index contributed by atoms with van der Waals surface area (Å²) >= 11 is 0. The summed E-state index contributed by atoms with van der Waals surface area (Å²) in [5, 5.41) is 13.3. The molecule has 3 aliphatic heterocycles. The average Bonchev–Trinajstić information content (AvgIpc) is 3.14. The minimum Gasteiger partial charge on any atom is -0.510 e. The molecule has 0 radical (unpaired) electrons. The number of carbonyl (C=O) groups is 2. The van der Waals surface area contributed by atoms with E-state index >= 15 is 0 Å². The molecule has 0 bridgehead atoms. The second kappa shape index (κ2) is 7.71. The van der Waals surface area contributed by atoms with Gasteiger partial charge in [-0.25, -0.2) is 8.78 Å². The summed E-state index contributed by atoms with van der Waals surface area (Å²) in [4.78, 5) is 29.1. The van der Waals surface area contributed by atoms with Crippen molar-refractivity contribution in [2.75, 3.05) is 13.7 Å². The number of hydrogen-bond acceptors (Lipinski definition) is 5. The number of rotatable bonds is 5. The summed E-state index contributed by atoms with van der Waals surface area (Å²) < 4.78 is 32.5. The molecule has 0 aromatic heterocycles. The molecule has 0 spiro atoms. The number of halogens is 2. The van der Waals surface area contributed by atoms with Crippen LogP contribution in [-0.2, 0) is 20.9 Å². The number of piperazine rings is 1. The van der Waals surface area contributed by atoms with Crippen molar-refractivity contribution in [1.82, 2.24) is 15.1 Å². The smallest absolute Gasteiger partial charge is 0.276 e. The minimum atomic E-state index is -0.744. The van der Waals surface area contributed by atoms with Gasteiger partial charge in [0.1, 0.15) is 23.1 Å². The van der Waals surface area contributed by atoms with Crippen LogP contribution in [0.15, 0.2) is 40.9 Å². The first kappa shape index (κ1) is 20.3. The van der Waals surface area contributed by atoms with E-state index in [-0.39, 0.29) is 41.9 Å². The van der Waals surface area contributed by atoms with Gasteiger partial charge in [-0.05, 0) is 25.8 Å². The number of nitrogens with one attached hydrogen (secondary N) is 1. The van der Waals surface area contributed by atoms with Crippen LogP contribution in [0.4, 0.5) is 8.78 Å². The molecular formula is C21H23F2N3O4. The van der Waals surface area contributed by atoms with Gasteiger partial charge in [-0.15, -0.1) is 0 Å². The Kier molecular flexibility index (Phi) is 5.23. The molecule has 2 N–H and O–H groups in total. The van der Waals surface area contributed by atoms with Gasteiger partial charge in [0.05, 0.1) is 6.04 Å². The van der Waals surface area contributed by atoms with E-state index < -0.39 is 23.8 Å². The van der Waals surface area contributed by atoms with Gasteiger partial charge < -0.3 is 25.0 Å². The van der Waals surface area contributed by atoms with Crippen LogP contribution in [0, 0.1) is 11.6 Å². The van der Waals surface area contributed by atoms with E-state index in [0.29, 0.717) is 30.7 Å². The van der Waals surface area contributed by atoms with Crippen LogP contribution in [0.25, 0.3) is 0 Å². The van der Waals surface area contributed by atoms with Crippen LogP contribution in [0.5, 0.6) is 0 Å². The molecule has 160 valence electrons. The lowest BCUT2D eigenvalue weighted by Crippen LogP contribution is -2.60. The highest BCUT2D eigenvalue weighted by atomic mass is 19.1. The Morgan fingerprint density at radius 1 is 1.37 bits per heavy atom. The van der Waals surface area contributed by atoms with E-state index in [1.807, 2.05) is 6.92 Å². The zero-order valence-electron chi connectivity index (χ0n) is 16.7. The number of hydrogen-bond donors (Lipinski definition) is 2. The number of allylic oxidation sites excluding steroid dienone is 2. The van der Waals surface area contributed by atoms with Crippen LogP contribution in [0.1, 0.15) is 31.7 Å². The molecule has 2 atom stereocenters. The minimum absolute atomic E-state index is 0.0768. The molecule has 1 aromatic rings. The first-order valence-corrected chi connectivity index (χ1v) is 9.86. The number of amides is 2. The number of carbonyl (C=O) groups excluding carboxylic acids is 2. The second-order valence-corrected chi connectivity index (χ2v) is 7.51. The van der Waals surface area contributed by atoms with Gasteiger partial charge >= 0.3 is 0 Å². The third-order valence-electron chi connectivity index (χ3n) is 5.92. The Labute approximate surface area is 172 Å². The monoisotopic (exact) mass is 419 g/mol. The topological polar surface area (TPSA) is 82.1 Å². The molecule has 7 nitrogen and oxygen atoms in total. The Hall–Kier alpha value is -2.94. The Morgan fingerprint density at radius 3 is 2.80 bits per heavy atom. The van der Waals surface area contributed by atoms with Crippen molar-refractivity contribution in [2.24, 2.45) is 0 Å². The quantitative estimate of drug-likeness (QED) is 0.766. The van der Waals surface area contributed by atoms with Crippen molar-refractivity contribution in [2.45, 2.75) is 45.0 Å². The van der Waals surface area contributed by atoms with E-state index in [1.54, 1.807) is 9.80 Å². The van der Waals surface area contributed by atoms with Crippen molar-refractivity contribution in [3.8, 4) is 0 Å². The second-order valence-electron chi connectivity index (χ2n) is 7.51. The third-order valence-corrected chi connectivity index (χ3v) is 5.92. The molecule has 4 rings (SSSR count). The van der Waals surface area contributed by atoms with E-state index in [1.165, 1.54) is 13.2 Å². The highest BCUT2D eigenvalue weighted by Gasteiger charge is 2.51. The summed E-state index contributed by atoms with van der Waals surface area (Å²) in [6.07, 6.45) is 0.664. The van der Waals surface area contributed by atoms with E-state index in [4.69, 9.17) is 4.74 Å². The van der Waals surface area contributed by atoms with Crippen LogP contribution < -0.4 is 5.32 Å². The zero-order valence-corrected chi connectivity index (χ0v) is 16.7. The highest BCUT2D eigenvalue weighted by Crippen LogP contribution is 2.45. The normalized spacial score (nSPS) is 23.3. The molecule has 2 amide bonds. The van der Waals surface area contributed by atoms with Crippen LogP contribution >= 0.6 is 0 Å². The van der Waals surface area contributed by atoms with E-state index in [2.05, 4.69) is 5.32 Å². The van der Waals surface area contributed by atoms with Crippen LogP contribution in [-0.4, -0.2) is 52.6 Å². The molecule has 30 heavy (non-hydrogen) atoms. The van der Waals surface area contributed by atoms with Crippen molar-refractivity contribution < 1.29 is 28.2 Å². The summed E-state index contributed by atoms with van der Waals surface area (Å²) in [5.74, 6) is -2.39. The van der Waals surface area contributed by atoms with Gasteiger partial charge in [0.15, 0.2) is 6.23 Å². The number of aliphatic hydroxyl groups is 1. The first-order chi connectivity index (χ1) is 14.4. The Bertz CT molecular complexity index is 975. The molecule has 0 saturated carbocycles. The van der Waals surface area contributed by atoms with E-state index in [0.717, 1.165) is 12.1 Å². The number of likely N-dealkylation sites (N-methyl/N-ethyl adjacent to an activating group) is 1. The Morgan fingerprint density at radius 2 is 2.13 bits per heavy atom. The molecule has 3 aliphatic rings. The van der Waals surface area contributed by atoms with Gasteiger partial charge in [-0.1, -0.05) is 6.07 Å². The van der Waals surface area contributed by atoms with Crippen LogP contribution in [0.3, 0.4) is 0 Å². The SMILES string of the molecule is CCN1C(=O)C2=C(O)CC(C(=O)NCc3ccc(F)cc3F)=C3CCC(C1OC)N32. The van der Waals surface area contributed by atoms with E-state index in [9.17, 15) is 23.5 Å². The van der Waals surface area contributed by atoms with Gasteiger partial charge in [0.25, 0.3) is 5.91 Å². The summed E-state index contributed by atoms with van der Waals surface area (Å²) in [6, 6.07) is 2.96. The lowest BCUT2D eigenvalue weighted by molar-refractivity contribution is -0.154. The molecular weight excluding hydrogens is 396 g/mol. The maximum Gasteiger partial charge on any atom is 0.276 e. The van der Waals surface area contributed by atoms with Gasteiger partial charge in [0.2, 0.25) is 5.91 Å². The fraction of sp³-hybridized carbons (Fsp3) is 0.429. The number of benzene rings is 1. The highest BCUT2D eigenvalue weighted by molar-refractivity contribution is 5.99. The number of ether oxygens (including phenoxy) is 1. The molecule has 2 saturated heterocycles. The fourth-order valence-corrected chi connectivity index (χ4v) is 4.55. The average molecular weight is 419 g/mol. The van der Waals surface area contributed by atoms with Crippen molar-refractivity contribution in [1.29, 1.82) is 0 Å².